The summed E-state index contributed by atoms with van der Waals surface area (Å²) in [6, 6.07) is 18.1. The maximum absolute atomic E-state index is 13.4. The normalized spacial score (nSPS) is 11.4. The minimum atomic E-state index is -0.742. The Morgan fingerprint density at radius 2 is 1.46 bits per heavy atom. The number of benzene rings is 3. The number of rotatable bonds is 12. The molecule has 0 aliphatic heterocycles. The Bertz CT molecular complexity index is 1180. The van der Waals surface area contributed by atoms with Crippen LogP contribution in [0.1, 0.15) is 23.6 Å². The maximum atomic E-state index is 13.4. The number of nitrogens with zero attached hydrogens (tertiary/aromatic N) is 1. The van der Waals surface area contributed by atoms with Gasteiger partial charge in [0.15, 0.2) is 11.5 Å². The van der Waals surface area contributed by atoms with Crippen molar-refractivity contribution in [3.05, 3.63) is 89.2 Å². The Morgan fingerprint density at radius 1 is 0.838 bits per heavy atom. The Hall–Kier alpha value is -4.07. The van der Waals surface area contributed by atoms with Gasteiger partial charge in [0.1, 0.15) is 17.6 Å². The molecule has 37 heavy (non-hydrogen) atoms. The number of halogens is 1. The summed E-state index contributed by atoms with van der Waals surface area (Å²) in [6.45, 7) is 2.28. The van der Waals surface area contributed by atoms with E-state index < -0.39 is 6.04 Å². The lowest BCUT2D eigenvalue weighted by Crippen LogP contribution is -2.48. The molecule has 0 saturated heterocycles. The molecule has 0 bridgehead atoms. The van der Waals surface area contributed by atoms with Gasteiger partial charge in [0.25, 0.3) is 0 Å². The smallest absolute Gasteiger partial charge is 0.242 e. The van der Waals surface area contributed by atoms with Crippen molar-refractivity contribution in [1.29, 1.82) is 0 Å². The van der Waals surface area contributed by atoms with Crippen LogP contribution in [-0.2, 0) is 29.0 Å². The molecule has 1 N–H and O–H groups in total. The van der Waals surface area contributed by atoms with Crippen LogP contribution in [0.2, 0.25) is 0 Å². The van der Waals surface area contributed by atoms with E-state index in [1.165, 1.54) is 24.1 Å². The van der Waals surface area contributed by atoms with Crippen molar-refractivity contribution >= 4 is 11.8 Å². The molecule has 8 heteroatoms. The first-order valence-corrected chi connectivity index (χ1v) is 12.0. The summed E-state index contributed by atoms with van der Waals surface area (Å²) >= 11 is 0. The van der Waals surface area contributed by atoms with Crippen LogP contribution in [0.15, 0.2) is 66.7 Å². The molecule has 0 aromatic heterocycles. The SMILES string of the molecule is COc1ccc(CCNC(=O)[C@H](C)N(Cc2ccc(F)cc2)C(=O)Cc2ccc(OC)c(OC)c2)cc1. The Balaban J connectivity index is 1.71. The number of carbonyl (C=O) groups is 2. The first-order chi connectivity index (χ1) is 17.8. The van der Waals surface area contributed by atoms with Crippen LogP contribution in [0.5, 0.6) is 17.2 Å². The van der Waals surface area contributed by atoms with E-state index in [1.54, 1.807) is 51.5 Å². The first-order valence-electron chi connectivity index (χ1n) is 12.0. The molecule has 0 unspecified atom stereocenters. The lowest BCUT2D eigenvalue weighted by molar-refractivity contribution is -0.140. The minimum absolute atomic E-state index is 0.0605. The summed E-state index contributed by atoms with van der Waals surface area (Å²) in [4.78, 5) is 28.0. The molecule has 0 saturated carbocycles. The zero-order valence-corrected chi connectivity index (χ0v) is 21.6. The highest BCUT2D eigenvalue weighted by Gasteiger charge is 2.26. The number of hydrogen-bond donors (Lipinski definition) is 1. The summed E-state index contributed by atoms with van der Waals surface area (Å²) in [6.07, 6.45) is 0.699. The van der Waals surface area contributed by atoms with Gasteiger partial charge in [-0.15, -0.1) is 0 Å². The van der Waals surface area contributed by atoms with E-state index in [-0.39, 0.29) is 30.6 Å². The van der Waals surface area contributed by atoms with Crippen molar-refractivity contribution < 1.29 is 28.2 Å². The molecule has 0 fully saturated rings. The van der Waals surface area contributed by atoms with Crippen molar-refractivity contribution in [2.45, 2.75) is 32.4 Å². The second kappa shape index (κ2) is 13.3. The summed E-state index contributed by atoms with van der Waals surface area (Å²) in [5.41, 5.74) is 2.50. The van der Waals surface area contributed by atoms with Gasteiger partial charge < -0.3 is 24.4 Å². The zero-order valence-electron chi connectivity index (χ0n) is 21.6. The summed E-state index contributed by atoms with van der Waals surface area (Å²) in [5.74, 6) is 0.974. The number of nitrogens with one attached hydrogen (secondary N) is 1. The molecule has 0 aliphatic rings. The average Bonchev–Trinajstić information content (AvgIpc) is 2.92. The van der Waals surface area contributed by atoms with E-state index in [1.807, 2.05) is 24.3 Å². The standard InChI is InChI=1S/C29H33FN2O5/c1-20(29(34)31-16-15-21-7-12-25(35-2)13-8-21)32(19-22-5-10-24(30)11-6-22)28(33)18-23-9-14-26(36-3)27(17-23)37-4/h5-14,17,20H,15-16,18-19H2,1-4H3,(H,31,34)/t20-/m0/s1. The Morgan fingerprint density at radius 3 is 2.08 bits per heavy atom. The first kappa shape index (κ1) is 27.5. The van der Waals surface area contributed by atoms with Crippen LogP contribution in [-0.4, -0.2) is 50.6 Å². The quantitative estimate of drug-likeness (QED) is 0.397. The predicted molar refractivity (Wildman–Crippen MR) is 139 cm³/mol. The van der Waals surface area contributed by atoms with E-state index in [0.717, 1.165) is 22.4 Å². The Labute approximate surface area is 217 Å². The highest BCUT2D eigenvalue weighted by molar-refractivity contribution is 5.88. The van der Waals surface area contributed by atoms with Gasteiger partial charge in [-0.25, -0.2) is 4.39 Å². The molecule has 1 atom stereocenters. The van der Waals surface area contributed by atoms with Crippen LogP contribution in [0, 0.1) is 5.82 Å². The molecule has 0 radical (unpaired) electrons. The molecule has 196 valence electrons. The van der Waals surface area contributed by atoms with E-state index >= 15 is 0 Å². The van der Waals surface area contributed by atoms with E-state index in [9.17, 15) is 14.0 Å². The van der Waals surface area contributed by atoms with Gasteiger partial charge in [-0.05, 0) is 66.4 Å². The fourth-order valence-electron chi connectivity index (χ4n) is 3.91. The van der Waals surface area contributed by atoms with Crippen molar-refractivity contribution in [2.75, 3.05) is 27.9 Å². The molecule has 7 nitrogen and oxygen atoms in total. The maximum Gasteiger partial charge on any atom is 0.242 e. The van der Waals surface area contributed by atoms with Crippen molar-refractivity contribution in [3.8, 4) is 17.2 Å². The summed E-state index contributed by atoms with van der Waals surface area (Å²) in [7, 11) is 4.69. The lowest BCUT2D eigenvalue weighted by atomic mass is 10.1. The average molecular weight is 509 g/mol. The molecule has 2 amide bonds. The van der Waals surface area contributed by atoms with Gasteiger partial charge >= 0.3 is 0 Å². The number of ether oxygens (including phenoxy) is 3. The van der Waals surface area contributed by atoms with Crippen LogP contribution < -0.4 is 19.5 Å². The monoisotopic (exact) mass is 508 g/mol. The molecule has 3 aromatic carbocycles. The largest absolute Gasteiger partial charge is 0.497 e. The van der Waals surface area contributed by atoms with Crippen molar-refractivity contribution in [3.63, 3.8) is 0 Å². The van der Waals surface area contributed by atoms with Gasteiger partial charge in [-0.1, -0.05) is 30.3 Å². The molecule has 0 aliphatic carbocycles. The predicted octanol–water partition coefficient (Wildman–Crippen LogP) is 4.17. The highest BCUT2D eigenvalue weighted by atomic mass is 19.1. The van der Waals surface area contributed by atoms with Crippen LogP contribution in [0.25, 0.3) is 0 Å². The Kier molecular flexibility index (Phi) is 9.89. The molecule has 0 spiro atoms. The summed E-state index contributed by atoms with van der Waals surface area (Å²) < 4.78 is 29.2. The van der Waals surface area contributed by atoms with E-state index in [0.29, 0.717) is 24.5 Å². The topological polar surface area (TPSA) is 77.1 Å². The van der Waals surface area contributed by atoms with Gasteiger partial charge in [-0.2, -0.15) is 0 Å². The third-order valence-electron chi connectivity index (χ3n) is 6.11. The van der Waals surface area contributed by atoms with Gasteiger partial charge in [0.2, 0.25) is 11.8 Å². The van der Waals surface area contributed by atoms with Crippen LogP contribution in [0.3, 0.4) is 0 Å². The third kappa shape index (κ3) is 7.70. The zero-order chi connectivity index (χ0) is 26.8. The highest BCUT2D eigenvalue weighted by Crippen LogP contribution is 2.28. The van der Waals surface area contributed by atoms with Crippen molar-refractivity contribution in [2.24, 2.45) is 0 Å². The molecule has 0 heterocycles. The number of methoxy groups -OCH3 is 3. The van der Waals surface area contributed by atoms with Crippen LogP contribution >= 0.6 is 0 Å². The van der Waals surface area contributed by atoms with Gasteiger partial charge in [-0.3, -0.25) is 9.59 Å². The molecular formula is C29H33FN2O5. The third-order valence-corrected chi connectivity index (χ3v) is 6.11. The second-order valence-electron chi connectivity index (χ2n) is 8.58. The second-order valence-corrected chi connectivity index (χ2v) is 8.58. The van der Waals surface area contributed by atoms with E-state index in [4.69, 9.17) is 14.2 Å². The molecule has 3 aromatic rings. The summed E-state index contributed by atoms with van der Waals surface area (Å²) in [5, 5.41) is 2.93. The lowest BCUT2D eigenvalue weighted by Gasteiger charge is -2.29. The minimum Gasteiger partial charge on any atom is -0.497 e. The fourth-order valence-corrected chi connectivity index (χ4v) is 3.91. The van der Waals surface area contributed by atoms with Crippen molar-refractivity contribution in [1.82, 2.24) is 10.2 Å². The van der Waals surface area contributed by atoms with Gasteiger partial charge in [0, 0.05) is 13.1 Å². The molecular weight excluding hydrogens is 475 g/mol. The van der Waals surface area contributed by atoms with Gasteiger partial charge in [0.05, 0.1) is 27.8 Å². The molecule has 3 rings (SSSR count). The number of amides is 2. The fraction of sp³-hybridized carbons (Fsp3) is 0.310. The number of hydrogen-bond acceptors (Lipinski definition) is 5. The van der Waals surface area contributed by atoms with Crippen LogP contribution in [0.4, 0.5) is 4.39 Å². The number of carbonyl (C=O) groups excluding carboxylic acids is 2. The van der Waals surface area contributed by atoms with E-state index in [2.05, 4.69) is 5.32 Å².